The third-order valence-corrected chi connectivity index (χ3v) is 12.1. The molecule has 56 heavy (non-hydrogen) atoms. The molecule has 0 aliphatic carbocycles. The van der Waals surface area contributed by atoms with E-state index in [1.165, 1.54) is 120 Å². The first-order valence-electron chi connectivity index (χ1n) is 19.5. The second-order valence-corrected chi connectivity index (χ2v) is 15.2. The maximum absolute atomic E-state index is 2.45. The minimum Gasteiger partial charge on any atom is -0.0622 e. The van der Waals surface area contributed by atoms with Crippen molar-refractivity contribution in [2.24, 2.45) is 0 Å². The Kier molecular flexibility index (Phi) is 6.73. The summed E-state index contributed by atoms with van der Waals surface area (Å²) < 4.78 is 0. The Balaban J connectivity index is 1.07. The molecular weight excluding hydrogens is 673 g/mol. The van der Waals surface area contributed by atoms with Gasteiger partial charge in [0.15, 0.2) is 0 Å². The fourth-order valence-electron chi connectivity index (χ4n) is 9.60. The summed E-state index contributed by atoms with van der Waals surface area (Å²) in [6.07, 6.45) is 0. The van der Waals surface area contributed by atoms with E-state index in [2.05, 4.69) is 206 Å². The monoisotopic (exact) mass is 706 g/mol. The van der Waals surface area contributed by atoms with Crippen molar-refractivity contribution in [2.45, 2.75) is 0 Å². The van der Waals surface area contributed by atoms with E-state index in [9.17, 15) is 0 Å². The number of benzene rings is 12. The lowest BCUT2D eigenvalue weighted by Gasteiger charge is -2.20. The van der Waals surface area contributed by atoms with Gasteiger partial charge in [-0.3, -0.25) is 0 Å². The van der Waals surface area contributed by atoms with Crippen LogP contribution in [-0.2, 0) is 0 Å². The molecule has 0 saturated carbocycles. The standard InChI is InChI=1S/C56H34/c1-3-11-35(12-4-1)39-17-7-19-41(31-39)45-27-25-43-33-51(47-21-9-15-37-23-29-49(45)55(43)53(37)47)52-34-44-26-28-46(42-20-8-18-40(32-42)36-13-5-2-6-14-36)50-30-24-38-16-10-22-48(52)54(38)56(44)50/h1-34H. The maximum Gasteiger partial charge on any atom is -0.00201 e. The molecule has 0 bridgehead atoms. The molecule has 0 N–H and O–H groups in total. The van der Waals surface area contributed by atoms with Crippen LogP contribution in [0.25, 0.3) is 120 Å². The molecule has 0 fully saturated rings. The van der Waals surface area contributed by atoms with E-state index in [1.807, 2.05) is 0 Å². The topological polar surface area (TPSA) is 0 Å². The van der Waals surface area contributed by atoms with Gasteiger partial charge in [-0.05, 0) is 145 Å². The summed E-state index contributed by atoms with van der Waals surface area (Å²) in [5.41, 5.74) is 12.5. The van der Waals surface area contributed by atoms with Crippen LogP contribution in [0.5, 0.6) is 0 Å². The van der Waals surface area contributed by atoms with Crippen LogP contribution in [0.15, 0.2) is 206 Å². The number of hydrogen-bond donors (Lipinski definition) is 0. The molecule has 0 nitrogen and oxygen atoms in total. The molecule has 0 heteroatoms. The summed E-state index contributed by atoms with van der Waals surface area (Å²) in [7, 11) is 0. The third-order valence-electron chi connectivity index (χ3n) is 12.1. The second-order valence-electron chi connectivity index (χ2n) is 15.2. The summed E-state index contributed by atoms with van der Waals surface area (Å²) >= 11 is 0. The van der Waals surface area contributed by atoms with Crippen LogP contribution in [0.2, 0.25) is 0 Å². The second kappa shape index (κ2) is 12.1. The molecule has 0 aliphatic heterocycles. The summed E-state index contributed by atoms with van der Waals surface area (Å²) in [6, 6.07) is 76.5. The third kappa shape index (κ3) is 4.66. The highest BCUT2D eigenvalue weighted by molar-refractivity contribution is 6.32. The number of hydrogen-bond acceptors (Lipinski definition) is 0. The van der Waals surface area contributed by atoms with E-state index in [-0.39, 0.29) is 0 Å². The van der Waals surface area contributed by atoms with Crippen LogP contribution in [0.1, 0.15) is 0 Å². The van der Waals surface area contributed by atoms with Crippen LogP contribution in [-0.4, -0.2) is 0 Å². The lowest BCUT2D eigenvalue weighted by molar-refractivity contribution is 1.61. The summed E-state index contributed by atoms with van der Waals surface area (Å²) in [6.45, 7) is 0. The molecule has 12 rings (SSSR count). The fraction of sp³-hybridized carbons (Fsp3) is 0. The Morgan fingerprint density at radius 2 is 0.536 bits per heavy atom. The van der Waals surface area contributed by atoms with E-state index in [1.54, 1.807) is 0 Å². The molecule has 258 valence electrons. The molecule has 0 spiro atoms. The Labute approximate surface area is 325 Å². The molecular formula is C56H34. The van der Waals surface area contributed by atoms with Gasteiger partial charge < -0.3 is 0 Å². The highest BCUT2D eigenvalue weighted by atomic mass is 14.2. The van der Waals surface area contributed by atoms with Crippen molar-refractivity contribution < 1.29 is 0 Å². The predicted octanol–water partition coefficient (Wildman–Crippen LogP) is 15.8. The highest BCUT2D eigenvalue weighted by Gasteiger charge is 2.20. The summed E-state index contributed by atoms with van der Waals surface area (Å²) in [5, 5.41) is 15.6. The highest BCUT2D eigenvalue weighted by Crippen LogP contribution is 2.48. The van der Waals surface area contributed by atoms with Crippen molar-refractivity contribution in [3.63, 3.8) is 0 Å². The van der Waals surface area contributed by atoms with Crippen LogP contribution in [0.3, 0.4) is 0 Å². The van der Waals surface area contributed by atoms with Gasteiger partial charge in [0.05, 0.1) is 0 Å². The Bertz CT molecular complexity index is 3210. The van der Waals surface area contributed by atoms with Gasteiger partial charge in [0.1, 0.15) is 0 Å². The lowest BCUT2D eigenvalue weighted by atomic mass is 9.83. The average molecular weight is 707 g/mol. The molecule has 12 aromatic carbocycles. The first-order valence-corrected chi connectivity index (χ1v) is 19.5. The van der Waals surface area contributed by atoms with Crippen LogP contribution < -0.4 is 0 Å². The quantitative estimate of drug-likeness (QED) is 0.156. The van der Waals surface area contributed by atoms with E-state index in [0.29, 0.717) is 0 Å². The molecule has 0 radical (unpaired) electrons. The van der Waals surface area contributed by atoms with Crippen molar-refractivity contribution in [2.75, 3.05) is 0 Å². The lowest BCUT2D eigenvalue weighted by Crippen LogP contribution is -1.93. The largest absolute Gasteiger partial charge is 0.0622 e. The zero-order valence-electron chi connectivity index (χ0n) is 30.6. The van der Waals surface area contributed by atoms with Crippen molar-refractivity contribution in [3.05, 3.63) is 206 Å². The van der Waals surface area contributed by atoms with Gasteiger partial charge in [0.25, 0.3) is 0 Å². The molecule has 0 heterocycles. The molecule has 0 amide bonds. The normalized spacial score (nSPS) is 11.9. The molecule has 0 aromatic heterocycles. The van der Waals surface area contributed by atoms with Gasteiger partial charge >= 0.3 is 0 Å². The Morgan fingerprint density at radius 1 is 0.179 bits per heavy atom. The SMILES string of the molecule is c1ccc(-c2cccc(-c3ccc4cc(-c5cc6ccc(-c7cccc(-c8ccccc8)c7)c7ccc8cccc5c8c67)c5cccc6ccc3c4c65)c2)cc1. The van der Waals surface area contributed by atoms with Crippen LogP contribution >= 0.6 is 0 Å². The first kappa shape index (κ1) is 31.1. The first-order chi connectivity index (χ1) is 27.8. The smallest absolute Gasteiger partial charge is 0.00201 e. The van der Waals surface area contributed by atoms with Crippen LogP contribution in [0, 0.1) is 0 Å². The minimum atomic E-state index is 1.23. The van der Waals surface area contributed by atoms with Crippen LogP contribution in [0.4, 0.5) is 0 Å². The minimum absolute atomic E-state index is 1.23. The van der Waals surface area contributed by atoms with Crippen molar-refractivity contribution in [1.29, 1.82) is 0 Å². The van der Waals surface area contributed by atoms with E-state index in [4.69, 9.17) is 0 Å². The summed E-state index contributed by atoms with van der Waals surface area (Å²) in [5.74, 6) is 0. The maximum atomic E-state index is 2.45. The molecule has 0 saturated heterocycles. The van der Waals surface area contributed by atoms with Gasteiger partial charge in [0.2, 0.25) is 0 Å². The Morgan fingerprint density at radius 3 is 1.00 bits per heavy atom. The van der Waals surface area contributed by atoms with E-state index < -0.39 is 0 Å². The zero-order valence-corrected chi connectivity index (χ0v) is 30.6. The van der Waals surface area contributed by atoms with E-state index in [0.717, 1.165) is 0 Å². The summed E-state index contributed by atoms with van der Waals surface area (Å²) in [4.78, 5) is 0. The molecule has 0 atom stereocenters. The molecule has 0 aliphatic rings. The van der Waals surface area contributed by atoms with Crippen molar-refractivity contribution >= 4 is 64.6 Å². The van der Waals surface area contributed by atoms with Crippen molar-refractivity contribution in [1.82, 2.24) is 0 Å². The zero-order chi connectivity index (χ0) is 36.7. The predicted molar refractivity (Wildman–Crippen MR) is 241 cm³/mol. The average Bonchev–Trinajstić information content (AvgIpc) is 3.27. The molecule has 12 aromatic rings. The van der Waals surface area contributed by atoms with Crippen molar-refractivity contribution in [3.8, 4) is 55.6 Å². The number of rotatable bonds is 5. The molecule has 0 unspecified atom stereocenters. The van der Waals surface area contributed by atoms with Gasteiger partial charge in [0, 0.05) is 0 Å². The van der Waals surface area contributed by atoms with Gasteiger partial charge in [-0.25, -0.2) is 0 Å². The van der Waals surface area contributed by atoms with Gasteiger partial charge in [-0.1, -0.05) is 182 Å². The van der Waals surface area contributed by atoms with Gasteiger partial charge in [-0.15, -0.1) is 0 Å². The van der Waals surface area contributed by atoms with E-state index >= 15 is 0 Å². The Hall–Kier alpha value is -7.28. The fourth-order valence-corrected chi connectivity index (χ4v) is 9.60. The van der Waals surface area contributed by atoms with Gasteiger partial charge in [-0.2, -0.15) is 0 Å².